The van der Waals surface area contributed by atoms with E-state index >= 15 is 0 Å². The Bertz CT molecular complexity index is 1080. The van der Waals surface area contributed by atoms with Crippen LogP contribution in [0.2, 0.25) is 10.0 Å². The first kappa shape index (κ1) is 23.3. The summed E-state index contributed by atoms with van der Waals surface area (Å²) in [7, 11) is 1.55. The molecule has 0 radical (unpaired) electrons. The second-order valence-electron chi connectivity index (χ2n) is 6.78. The maximum atomic E-state index is 12.2. The number of ether oxygens (including phenoxy) is 2. The van der Waals surface area contributed by atoms with Crippen LogP contribution in [0.25, 0.3) is 0 Å². The molecule has 0 unspecified atom stereocenters. The van der Waals surface area contributed by atoms with Crippen LogP contribution in [0.15, 0.2) is 59.1 Å². The van der Waals surface area contributed by atoms with E-state index in [0.717, 1.165) is 27.0 Å². The molecule has 0 aliphatic rings. The van der Waals surface area contributed by atoms with E-state index in [4.69, 9.17) is 32.7 Å². The average Bonchev–Trinajstić information content (AvgIpc) is 2.74. The minimum atomic E-state index is -0.259. The van der Waals surface area contributed by atoms with Gasteiger partial charge in [0.05, 0.1) is 17.8 Å². The fourth-order valence-corrected chi connectivity index (χ4v) is 3.72. The summed E-state index contributed by atoms with van der Waals surface area (Å²) < 4.78 is 11.9. The molecule has 8 heteroatoms. The Morgan fingerprint density at radius 2 is 1.77 bits per heavy atom. The van der Waals surface area contributed by atoms with Gasteiger partial charge in [0, 0.05) is 21.7 Å². The third-order valence-electron chi connectivity index (χ3n) is 4.43. The summed E-state index contributed by atoms with van der Waals surface area (Å²) in [6.45, 7) is 2.34. The van der Waals surface area contributed by atoms with Crippen molar-refractivity contribution in [1.82, 2.24) is 0 Å². The number of carbonyl (C=O) groups excluding carboxylic acids is 1. The van der Waals surface area contributed by atoms with Gasteiger partial charge in [-0.1, -0.05) is 56.8 Å². The van der Waals surface area contributed by atoms with Crippen molar-refractivity contribution >= 4 is 56.4 Å². The van der Waals surface area contributed by atoms with Crippen LogP contribution in [0, 0.1) is 6.92 Å². The highest BCUT2D eigenvalue weighted by atomic mass is 79.9. The summed E-state index contributed by atoms with van der Waals surface area (Å²) in [5.41, 5.74) is 3.54. The highest BCUT2D eigenvalue weighted by molar-refractivity contribution is 9.10. The van der Waals surface area contributed by atoms with Gasteiger partial charge >= 0.3 is 0 Å². The van der Waals surface area contributed by atoms with Gasteiger partial charge in [0.2, 0.25) is 0 Å². The van der Waals surface area contributed by atoms with Crippen molar-refractivity contribution in [2.24, 2.45) is 0 Å². The zero-order valence-electron chi connectivity index (χ0n) is 17.0. The third-order valence-corrected chi connectivity index (χ3v) is 5.71. The summed E-state index contributed by atoms with van der Waals surface area (Å²) in [6.07, 6.45) is 0. The number of nitrogens with one attached hydrogen (secondary N) is 2. The zero-order valence-corrected chi connectivity index (χ0v) is 20.1. The van der Waals surface area contributed by atoms with Crippen LogP contribution in [0.4, 0.5) is 11.4 Å². The molecule has 0 saturated heterocycles. The third kappa shape index (κ3) is 6.53. The lowest BCUT2D eigenvalue weighted by Crippen LogP contribution is -2.20. The molecule has 3 rings (SSSR count). The van der Waals surface area contributed by atoms with Crippen LogP contribution < -0.4 is 20.1 Å². The highest BCUT2D eigenvalue weighted by Crippen LogP contribution is 2.34. The van der Waals surface area contributed by atoms with Crippen LogP contribution >= 0.6 is 39.1 Å². The maximum Gasteiger partial charge on any atom is 0.262 e. The summed E-state index contributed by atoms with van der Waals surface area (Å²) in [6, 6.07) is 16.4. The number of aryl methyl sites for hydroxylation is 1. The number of carbonyl (C=O) groups is 1. The standard InChI is InChI=1S/C23H21BrCl2N2O3/c1-14-3-6-17(7-4-14)28-23(29)13-31-22-11-18(24)15(9-21(22)30-2)12-27-20-8-5-16(25)10-19(20)26/h3-11,27H,12-13H2,1-2H3,(H,28,29). The van der Waals surface area contributed by atoms with Crippen molar-refractivity contribution in [3.05, 3.63) is 80.2 Å². The van der Waals surface area contributed by atoms with Crippen molar-refractivity contribution in [3.8, 4) is 11.5 Å². The van der Waals surface area contributed by atoms with Gasteiger partial charge in [-0.2, -0.15) is 0 Å². The Morgan fingerprint density at radius 1 is 1.03 bits per heavy atom. The molecule has 0 heterocycles. The van der Waals surface area contributed by atoms with Gasteiger partial charge < -0.3 is 20.1 Å². The number of hydrogen-bond acceptors (Lipinski definition) is 4. The van der Waals surface area contributed by atoms with E-state index in [1.54, 1.807) is 25.3 Å². The smallest absolute Gasteiger partial charge is 0.262 e. The molecule has 0 atom stereocenters. The lowest BCUT2D eigenvalue weighted by atomic mass is 10.2. The monoisotopic (exact) mass is 522 g/mol. The molecular formula is C23H21BrCl2N2O3. The van der Waals surface area contributed by atoms with Gasteiger partial charge in [-0.15, -0.1) is 0 Å². The van der Waals surface area contributed by atoms with Crippen LogP contribution in [-0.4, -0.2) is 19.6 Å². The van der Waals surface area contributed by atoms with Crippen molar-refractivity contribution < 1.29 is 14.3 Å². The minimum Gasteiger partial charge on any atom is -0.493 e. The van der Waals surface area contributed by atoms with Crippen LogP contribution in [0.5, 0.6) is 11.5 Å². The Labute approximate surface area is 199 Å². The first-order chi connectivity index (χ1) is 14.9. The molecule has 5 nitrogen and oxygen atoms in total. The predicted octanol–water partition coefficient (Wildman–Crippen LogP) is 6.70. The second kappa shape index (κ2) is 10.8. The fourth-order valence-electron chi connectivity index (χ4n) is 2.79. The SMILES string of the molecule is COc1cc(CNc2ccc(Cl)cc2Cl)c(Br)cc1OCC(=O)Nc1ccc(C)cc1. The summed E-state index contributed by atoms with van der Waals surface area (Å²) in [5, 5.41) is 7.18. The number of anilines is 2. The molecule has 0 aliphatic heterocycles. The van der Waals surface area contributed by atoms with Gasteiger partial charge in [0.25, 0.3) is 5.91 Å². The average molecular weight is 524 g/mol. The van der Waals surface area contributed by atoms with E-state index in [1.165, 1.54) is 0 Å². The van der Waals surface area contributed by atoms with Gasteiger partial charge in [0.15, 0.2) is 18.1 Å². The Balaban J connectivity index is 1.64. The second-order valence-corrected chi connectivity index (χ2v) is 8.47. The highest BCUT2D eigenvalue weighted by Gasteiger charge is 2.13. The van der Waals surface area contributed by atoms with E-state index < -0.39 is 0 Å². The van der Waals surface area contributed by atoms with Gasteiger partial charge in [0.1, 0.15) is 0 Å². The van der Waals surface area contributed by atoms with E-state index in [9.17, 15) is 4.79 Å². The van der Waals surface area contributed by atoms with Crippen molar-refractivity contribution in [1.29, 1.82) is 0 Å². The van der Waals surface area contributed by atoms with Crippen molar-refractivity contribution in [2.75, 3.05) is 24.4 Å². The molecule has 0 spiro atoms. The van der Waals surface area contributed by atoms with Crippen molar-refractivity contribution in [3.63, 3.8) is 0 Å². The Kier molecular flexibility index (Phi) is 8.07. The van der Waals surface area contributed by atoms with E-state index in [2.05, 4.69) is 26.6 Å². The molecule has 0 bridgehead atoms. The molecule has 0 aliphatic carbocycles. The summed E-state index contributed by atoms with van der Waals surface area (Å²) >= 11 is 15.7. The number of rotatable bonds is 8. The topological polar surface area (TPSA) is 59.6 Å². The largest absolute Gasteiger partial charge is 0.493 e. The molecular weight excluding hydrogens is 503 g/mol. The Morgan fingerprint density at radius 3 is 2.45 bits per heavy atom. The molecule has 31 heavy (non-hydrogen) atoms. The first-order valence-corrected chi connectivity index (χ1v) is 10.9. The number of hydrogen-bond donors (Lipinski definition) is 2. The van der Waals surface area contributed by atoms with Gasteiger partial charge in [-0.25, -0.2) is 0 Å². The summed E-state index contributed by atoms with van der Waals surface area (Å²) in [4.78, 5) is 12.2. The van der Waals surface area contributed by atoms with E-state index in [-0.39, 0.29) is 12.5 Å². The normalized spacial score (nSPS) is 10.5. The fraction of sp³-hybridized carbons (Fsp3) is 0.174. The van der Waals surface area contributed by atoms with Gasteiger partial charge in [-0.05, 0) is 55.0 Å². The van der Waals surface area contributed by atoms with Crippen LogP contribution in [-0.2, 0) is 11.3 Å². The maximum absolute atomic E-state index is 12.2. The zero-order chi connectivity index (χ0) is 22.4. The summed E-state index contributed by atoms with van der Waals surface area (Å²) in [5.74, 6) is 0.720. The van der Waals surface area contributed by atoms with E-state index in [1.807, 2.05) is 43.3 Å². The molecule has 0 saturated carbocycles. The lowest BCUT2D eigenvalue weighted by molar-refractivity contribution is -0.118. The van der Waals surface area contributed by atoms with Crippen LogP contribution in [0.3, 0.4) is 0 Å². The van der Waals surface area contributed by atoms with Crippen molar-refractivity contribution in [2.45, 2.75) is 13.5 Å². The number of halogens is 3. The Hall–Kier alpha value is -2.41. The first-order valence-electron chi connectivity index (χ1n) is 9.40. The molecule has 3 aromatic rings. The lowest BCUT2D eigenvalue weighted by Gasteiger charge is -2.15. The molecule has 162 valence electrons. The molecule has 0 fully saturated rings. The number of methoxy groups -OCH3 is 1. The number of amides is 1. The predicted molar refractivity (Wildman–Crippen MR) is 130 cm³/mol. The minimum absolute atomic E-state index is 0.144. The molecule has 3 aromatic carbocycles. The van der Waals surface area contributed by atoms with E-state index in [0.29, 0.717) is 28.1 Å². The molecule has 0 aromatic heterocycles. The van der Waals surface area contributed by atoms with Crippen LogP contribution in [0.1, 0.15) is 11.1 Å². The number of benzene rings is 3. The molecule has 2 N–H and O–H groups in total. The molecule has 1 amide bonds. The quantitative estimate of drug-likeness (QED) is 0.344. The van der Waals surface area contributed by atoms with Gasteiger partial charge in [-0.3, -0.25) is 4.79 Å².